The first kappa shape index (κ1) is 11.0. The van der Waals surface area contributed by atoms with E-state index in [4.69, 9.17) is 5.11 Å². The Morgan fingerprint density at radius 3 is 2.79 bits per heavy atom. The maximum atomic E-state index is 12.8. The Morgan fingerprint density at radius 2 is 2.14 bits per heavy atom. The minimum absolute atomic E-state index is 0.0164. The van der Waals surface area contributed by atoms with Crippen LogP contribution in [-0.4, -0.2) is 11.7 Å². The van der Waals surface area contributed by atoms with E-state index in [2.05, 4.69) is 12.2 Å². The third kappa shape index (κ3) is 3.75. The van der Waals surface area contributed by atoms with Crippen LogP contribution in [0.3, 0.4) is 0 Å². The second kappa shape index (κ2) is 5.60. The van der Waals surface area contributed by atoms with E-state index in [1.807, 2.05) is 0 Å². The van der Waals surface area contributed by atoms with Gasteiger partial charge in [0, 0.05) is 12.6 Å². The fourth-order valence-electron chi connectivity index (χ4n) is 1.27. The molecule has 0 amide bonds. The number of phenolic OH excluding ortho intramolecular Hbond substituents is 1. The smallest absolute Gasteiger partial charge is 0.127 e. The van der Waals surface area contributed by atoms with Gasteiger partial charge in [-0.25, -0.2) is 4.39 Å². The molecule has 0 aromatic heterocycles. The number of halogens is 1. The summed E-state index contributed by atoms with van der Waals surface area (Å²) in [5.41, 5.74) is 0.776. The molecule has 2 nitrogen and oxygen atoms in total. The number of unbranched alkanes of at least 4 members (excludes halogenated alkanes) is 1. The number of benzene rings is 1. The lowest BCUT2D eigenvalue weighted by Gasteiger charge is -2.04. The Kier molecular flexibility index (Phi) is 4.40. The van der Waals surface area contributed by atoms with Gasteiger partial charge in [0.2, 0.25) is 0 Å². The molecule has 0 aliphatic carbocycles. The van der Waals surface area contributed by atoms with Crippen molar-refractivity contribution in [3.05, 3.63) is 29.6 Å². The van der Waals surface area contributed by atoms with Crippen molar-refractivity contribution in [3.8, 4) is 5.75 Å². The van der Waals surface area contributed by atoms with E-state index >= 15 is 0 Å². The highest BCUT2D eigenvalue weighted by molar-refractivity contribution is 5.28. The van der Waals surface area contributed by atoms with Gasteiger partial charge in [0.05, 0.1) is 0 Å². The van der Waals surface area contributed by atoms with Gasteiger partial charge in [-0.2, -0.15) is 0 Å². The quantitative estimate of drug-likeness (QED) is 0.710. The molecular formula is C11H16FNO. The van der Waals surface area contributed by atoms with E-state index in [-0.39, 0.29) is 5.75 Å². The molecule has 0 saturated heterocycles. The molecule has 0 heterocycles. The van der Waals surface area contributed by atoms with E-state index in [0.29, 0.717) is 6.54 Å². The van der Waals surface area contributed by atoms with Gasteiger partial charge in [-0.3, -0.25) is 0 Å². The predicted octanol–water partition coefficient (Wildman–Crippen LogP) is 2.42. The highest BCUT2D eigenvalue weighted by Gasteiger charge is 1.98. The molecule has 0 atom stereocenters. The van der Waals surface area contributed by atoms with Crippen molar-refractivity contribution in [2.45, 2.75) is 26.3 Å². The lowest BCUT2D eigenvalue weighted by molar-refractivity contribution is 0.467. The number of phenols is 1. The summed E-state index contributed by atoms with van der Waals surface area (Å²) in [6, 6.07) is 4.11. The molecular weight excluding hydrogens is 181 g/mol. The summed E-state index contributed by atoms with van der Waals surface area (Å²) in [5, 5.41) is 12.3. The molecule has 1 aromatic rings. The first-order valence-electron chi connectivity index (χ1n) is 4.91. The van der Waals surface area contributed by atoms with Crippen LogP contribution in [-0.2, 0) is 6.54 Å². The first-order chi connectivity index (χ1) is 6.72. The van der Waals surface area contributed by atoms with Crippen molar-refractivity contribution in [2.75, 3.05) is 6.54 Å². The average molecular weight is 197 g/mol. The molecule has 2 N–H and O–H groups in total. The molecule has 0 spiro atoms. The summed E-state index contributed by atoms with van der Waals surface area (Å²) in [5.74, 6) is -0.408. The molecule has 3 heteroatoms. The third-order valence-corrected chi connectivity index (χ3v) is 1.98. The lowest BCUT2D eigenvalue weighted by atomic mass is 10.2. The zero-order valence-corrected chi connectivity index (χ0v) is 8.39. The van der Waals surface area contributed by atoms with Crippen LogP contribution in [0.1, 0.15) is 25.3 Å². The molecule has 1 aromatic carbocycles. The summed E-state index contributed by atoms with van der Waals surface area (Å²) in [7, 11) is 0. The van der Waals surface area contributed by atoms with Crippen LogP contribution in [0.5, 0.6) is 5.75 Å². The molecule has 0 radical (unpaired) electrons. The highest BCUT2D eigenvalue weighted by Crippen LogP contribution is 2.14. The SMILES string of the molecule is CCCCNCc1cc(O)cc(F)c1. The molecule has 0 fully saturated rings. The fourth-order valence-corrected chi connectivity index (χ4v) is 1.27. The molecule has 1 rings (SSSR count). The summed E-state index contributed by atoms with van der Waals surface area (Å²) < 4.78 is 12.8. The van der Waals surface area contributed by atoms with Gasteiger partial charge >= 0.3 is 0 Å². The van der Waals surface area contributed by atoms with Gasteiger partial charge in [-0.05, 0) is 30.7 Å². The Morgan fingerprint density at radius 1 is 1.36 bits per heavy atom. The van der Waals surface area contributed by atoms with Crippen molar-refractivity contribution in [1.29, 1.82) is 0 Å². The number of rotatable bonds is 5. The van der Waals surface area contributed by atoms with Crippen LogP contribution in [0.2, 0.25) is 0 Å². The van der Waals surface area contributed by atoms with Crippen molar-refractivity contribution in [3.63, 3.8) is 0 Å². The van der Waals surface area contributed by atoms with Gasteiger partial charge < -0.3 is 10.4 Å². The van der Waals surface area contributed by atoms with Crippen LogP contribution in [0.15, 0.2) is 18.2 Å². The van der Waals surface area contributed by atoms with Crippen LogP contribution in [0.4, 0.5) is 4.39 Å². The van der Waals surface area contributed by atoms with E-state index < -0.39 is 5.82 Å². The van der Waals surface area contributed by atoms with Crippen molar-refractivity contribution < 1.29 is 9.50 Å². The second-order valence-corrected chi connectivity index (χ2v) is 3.35. The minimum Gasteiger partial charge on any atom is -0.508 e. The van der Waals surface area contributed by atoms with E-state index in [1.54, 1.807) is 6.07 Å². The van der Waals surface area contributed by atoms with Crippen LogP contribution >= 0.6 is 0 Å². The fraction of sp³-hybridized carbons (Fsp3) is 0.455. The zero-order chi connectivity index (χ0) is 10.4. The zero-order valence-electron chi connectivity index (χ0n) is 8.39. The number of nitrogens with one attached hydrogen (secondary N) is 1. The molecule has 0 aliphatic rings. The molecule has 0 unspecified atom stereocenters. The molecule has 0 aliphatic heterocycles. The van der Waals surface area contributed by atoms with E-state index in [9.17, 15) is 4.39 Å². The Labute approximate surface area is 83.8 Å². The highest BCUT2D eigenvalue weighted by atomic mass is 19.1. The summed E-state index contributed by atoms with van der Waals surface area (Å²) >= 11 is 0. The van der Waals surface area contributed by atoms with Crippen LogP contribution < -0.4 is 5.32 Å². The predicted molar refractivity (Wildman–Crippen MR) is 54.7 cm³/mol. The second-order valence-electron chi connectivity index (χ2n) is 3.35. The Hall–Kier alpha value is -1.09. The Bertz CT molecular complexity index is 268. The van der Waals surface area contributed by atoms with Gasteiger partial charge in [0.1, 0.15) is 11.6 Å². The monoisotopic (exact) mass is 197 g/mol. The number of hydrogen-bond donors (Lipinski definition) is 2. The van der Waals surface area contributed by atoms with Gasteiger partial charge in [0.25, 0.3) is 0 Å². The number of hydrogen-bond acceptors (Lipinski definition) is 2. The largest absolute Gasteiger partial charge is 0.508 e. The molecule has 78 valence electrons. The van der Waals surface area contributed by atoms with E-state index in [1.165, 1.54) is 6.07 Å². The summed E-state index contributed by atoms with van der Waals surface area (Å²) in [6.07, 6.45) is 2.25. The van der Waals surface area contributed by atoms with Crippen molar-refractivity contribution in [1.82, 2.24) is 5.32 Å². The minimum atomic E-state index is -0.391. The van der Waals surface area contributed by atoms with Gasteiger partial charge in [0.15, 0.2) is 0 Å². The summed E-state index contributed by atoms with van der Waals surface area (Å²) in [6.45, 7) is 3.65. The normalized spacial score (nSPS) is 10.4. The third-order valence-electron chi connectivity index (χ3n) is 1.98. The maximum Gasteiger partial charge on any atom is 0.127 e. The van der Waals surface area contributed by atoms with Gasteiger partial charge in [-0.1, -0.05) is 13.3 Å². The van der Waals surface area contributed by atoms with Crippen LogP contribution in [0, 0.1) is 5.82 Å². The van der Waals surface area contributed by atoms with Gasteiger partial charge in [-0.15, -0.1) is 0 Å². The summed E-state index contributed by atoms with van der Waals surface area (Å²) in [4.78, 5) is 0. The Balaban J connectivity index is 2.42. The number of aromatic hydroxyl groups is 1. The lowest BCUT2D eigenvalue weighted by Crippen LogP contribution is -2.14. The first-order valence-corrected chi connectivity index (χ1v) is 4.91. The van der Waals surface area contributed by atoms with Crippen molar-refractivity contribution >= 4 is 0 Å². The van der Waals surface area contributed by atoms with E-state index in [0.717, 1.165) is 31.0 Å². The maximum absolute atomic E-state index is 12.8. The van der Waals surface area contributed by atoms with Crippen molar-refractivity contribution in [2.24, 2.45) is 0 Å². The molecule has 0 bridgehead atoms. The topological polar surface area (TPSA) is 32.3 Å². The molecule has 14 heavy (non-hydrogen) atoms. The van der Waals surface area contributed by atoms with Crippen LogP contribution in [0.25, 0.3) is 0 Å². The molecule has 0 saturated carbocycles. The average Bonchev–Trinajstić information content (AvgIpc) is 2.11. The standard InChI is InChI=1S/C11H16FNO/c1-2-3-4-13-8-9-5-10(12)7-11(14)6-9/h5-7,13-14H,2-4,8H2,1H3.